The van der Waals surface area contributed by atoms with Crippen molar-refractivity contribution in [2.45, 2.75) is 31.3 Å². The van der Waals surface area contributed by atoms with Gasteiger partial charge in [0.2, 0.25) is 5.95 Å². The molecule has 0 saturated heterocycles. The van der Waals surface area contributed by atoms with Gasteiger partial charge in [-0.2, -0.15) is 9.97 Å². The summed E-state index contributed by atoms with van der Waals surface area (Å²) >= 11 is 0. The van der Waals surface area contributed by atoms with Crippen LogP contribution in [0.25, 0.3) is 11.2 Å². The number of fused-ring (bicyclic) bond motifs is 1. The van der Waals surface area contributed by atoms with Gasteiger partial charge in [-0.05, 0) is 31.4 Å². The molecule has 5 N–H and O–H groups in total. The summed E-state index contributed by atoms with van der Waals surface area (Å²) in [5.41, 5.74) is 7.68. The normalized spacial score (nSPS) is 20.0. The predicted octanol–water partition coefficient (Wildman–Crippen LogP) is 2.48. The van der Waals surface area contributed by atoms with Gasteiger partial charge in [-0.1, -0.05) is 30.4 Å². The Hall–Kier alpha value is -3.46. The SMILES string of the molecule is Nc1nc(NC2CC2)c2ncn(C3C=CC(CO)C3)c2n1.O=C(O)c1ccccc1. The number of anilines is 2. The van der Waals surface area contributed by atoms with Crippen LogP contribution in [0, 0.1) is 5.92 Å². The molecule has 0 aliphatic heterocycles. The first-order valence-corrected chi connectivity index (χ1v) is 9.89. The Balaban J connectivity index is 0.000000204. The Morgan fingerprint density at radius 3 is 2.57 bits per heavy atom. The molecular weight excluding hydrogens is 384 g/mol. The van der Waals surface area contributed by atoms with E-state index in [0.717, 1.165) is 36.2 Å². The average molecular weight is 408 g/mol. The lowest BCUT2D eigenvalue weighted by molar-refractivity contribution is 0.0697. The highest BCUT2D eigenvalue weighted by Crippen LogP contribution is 2.32. The number of hydrogen-bond donors (Lipinski definition) is 4. The van der Waals surface area contributed by atoms with E-state index in [0.29, 0.717) is 11.6 Å². The van der Waals surface area contributed by atoms with Gasteiger partial charge in [-0.15, -0.1) is 0 Å². The molecule has 0 bridgehead atoms. The number of imidazole rings is 1. The van der Waals surface area contributed by atoms with Crippen molar-refractivity contribution in [3.63, 3.8) is 0 Å². The minimum absolute atomic E-state index is 0.162. The smallest absolute Gasteiger partial charge is 0.335 e. The van der Waals surface area contributed by atoms with Gasteiger partial charge in [0.05, 0.1) is 17.9 Å². The van der Waals surface area contributed by atoms with Crippen molar-refractivity contribution in [1.82, 2.24) is 19.5 Å². The maximum absolute atomic E-state index is 10.2. The predicted molar refractivity (Wildman–Crippen MR) is 113 cm³/mol. The maximum Gasteiger partial charge on any atom is 0.335 e. The number of aromatic carboxylic acids is 1. The summed E-state index contributed by atoms with van der Waals surface area (Å²) in [7, 11) is 0. The number of hydrogen-bond acceptors (Lipinski definition) is 7. The van der Waals surface area contributed by atoms with Crippen LogP contribution in [-0.2, 0) is 0 Å². The first kappa shape index (κ1) is 19.8. The van der Waals surface area contributed by atoms with E-state index in [1.807, 2.05) is 10.6 Å². The molecule has 2 aliphatic carbocycles. The van der Waals surface area contributed by atoms with Gasteiger partial charge in [0.1, 0.15) is 0 Å². The van der Waals surface area contributed by atoms with Crippen molar-refractivity contribution < 1.29 is 15.0 Å². The lowest BCUT2D eigenvalue weighted by Gasteiger charge is -2.13. The lowest BCUT2D eigenvalue weighted by atomic mass is 10.1. The zero-order chi connectivity index (χ0) is 21.1. The van der Waals surface area contributed by atoms with E-state index < -0.39 is 5.97 Å². The maximum atomic E-state index is 10.2. The Morgan fingerprint density at radius 2 is 1.97 bits per heavy atom. The third-order valence-electron chi connectivity index (χ3n) is 5.12. The topological polar surface area (TPSA) is 139 Å². The second kappa shape index (κ2) is 8.50. The van der Waals surface area contributed by atoms with Crippen molar-refractivity contribution in [1.29, 1.82) is 0 Å². The van der Waals surface area contributed by atoms with Gasteiger partial charge in [-0.3, -0.25) is 0 Å². The quantitative estimate of drug-likeness (QED) is 0.472. The molecular formula is C21H24N6O3. The van der Waals surface area contributed by atoms with E-state index in [4.69, 9.17) is 10.8 Å². The largest absolute Gasteiger partial charge is 0.478 e. The minimum atomic E-state index is -0.879. The van der Waals surface area contributed by atoms with Gasteiger partial charge in [-0.25, -0.2) is 9.78 Å². The number of nitrogens with two attached hydrogens (primary N) is 1. The number of rotatable bonds is 5. The number of allylic oxidation sites excluding steroid dienone is 1. The second-order valence-corrected chi connectivity index (χ2v) is 7.47. The highest BCUT2D eigenvalue weighted by Gasteiger charge is 2.26. The van der Waals surface area contributed by atoms with Gasteiger partial charge in [0, 0.05) is 18.6 Å². The standard InChI is InChI=1S/C14H18N6O.C7H6O2/c15-14-18-12(17-9-2-3-9)11-13(19-14)20(7-16-11)10-4-1-8(5-10)6-21;8-7(9)6-4-2-1-3-5-6/h1,4,7-10,21H,2-3,5-6H2,(H3,15,17,18,19);1-5H,(H,8,9). The van der Waals surface area contributed by atoms with Gasteiger partial charge >= 0.3 is 5.97 Å². The zero-order valence-electron chi connectivity index (χ0n) is 16.3. The van der Waals surface area contributed by atoms with Crippen LogP contribution in [-0.4, -0.2) is 48.4 Å². The summed E-state index contributed by atoms with van der Waals surface area (Å²) < 4.78 is 2.01. The second-order valence-electron chi connectivity index (χ2n) is 7.47. The van der Waals surface area contributed by atoms with Gasteiger partial charge < -0.3 is 25.8 Å². The van der Waals surface area contributed by atoms with Crippen LogP contribution >= 0.6 is 0 Å². The third-order valence-corrected chi connectivity index (χ3v) is 5.12. The Bertz CT molecular complexity index is 1060. The number of nitrogens with zero attached hydrogens (tertiary/aromatic N) is 4. The Kier molecular flexibility index (Phi) is 5.62. The fourth-order valence-electron chi connectivity index (χ4n) is 3.37. The molecule has 5 rings (SSSR count). The summed E-state index contributed by atoms with van der Waals surface area (Å²) in [5.74, 6) is 0.304. The van der Waals surface area contributed by atoms with E-state index >= 15 is 0 Å². The first-order chi connectivity index (χ1) is 14.5. The number of aromatic nitrogens is 4. The number of carbonyl (C=O) groups is 1. The fourth-order valence-corrected chi connectivity index (χ4v) is 3.37. The molecule has 1 aromatic carbocycles. The first-order valence-electron chi connectivity index (χ1n) is 9.89. The molecule has 0 spiro atoms. The van der Waals surface area contributed by atoms with Crippen LogP contribution in [0.5, 0.6) is 0 Å². The van der Waals surface area contributed by atoms with Crippen LogP contribution in [0.15, 0.2) is 48.8 Å². The summed E-state index contributed by atoms with van der Waals surface area (Å²) in [6, 6.07) is 8.94. The molecule has 156 valence electrons. The molecule has 2 heterocycles. The fraction of sp³-hybridized carbons (Fsp3) is 0.333. The van der Waals surface area contributed by atoms with Crippen molar-refractivity contribution in [2.24, 2.45) is 5.92 Å². The number of carboxylic acid groups (broad SMARTS) is 1. The van der Waals surface area contributed by atoms with Crippen LogP contribution in [0.3, 0.4) is 0 Å². The Labute approximate surface area is 173 Å². The summed E-state index contributed by atoms with van der Waals surface area (Å²) in [4.78, 5) is 23.3. The molecule has 0 radical (unpaired) electrons. The van der Waals surface area contributed by atoms with E-state index in [2.05, 4.69) is 26.3 Å². The number of aliphatic hydroxyl groups excluding tert-OH is 1. The van der Waals surface area contributed by atoms with E-state index in [1.165, 1.54) is 0 Å². The van der Waals surface area contributed by atoms with Crippen LogP contribution in [0.2, 0.25) is 0 Å². The number of carboxylic acids is 1. The molecule has 0 amide bonds. The third kappa shape index (κ3) is 4.41. The number of aliphatic hydroxyl groups is 1. The molecule has 1 saturated carbocycles. The van der Waals surface area contributed by atoms with Gasteiger partial charge in [0.25, 0.3) is 0 Å². The van der Waals surface area contributed by atoms with E-state index in [-0.39, 0.29) is 24.5 Å². The molecule has 2 aliphatic rings. The number of nitrogen functional groups attached to an aromatic ring is 1. The van der Waals surface area contributed by atoms with Crippen molar-refractivity contribution in [3.05, 3.63) is 54.4 Å². The molecule has 2 unspecified atom stereocenters. The van der Waals surface area contributed by atoms with Crippen LogP contribution in [0.1, 0.15) is 35.7 Å². The molecule has 2 atom stereocenters. The molecule has 2 aromatic heterocycles. The summed E-state index contributed by atoms with van der Waals surface area (Å²) in [6.45, 7) is 0.172. The summed E-state index contributed by atoms with van der Waals surface area (Å²) in [6.07, 6.45) is 9.10. The monoisotopic (exact) mass is 408 g/mol. The highest BCUT2D eigenvalue weighted by atomic mass is 16.4. The summed E-state index contributed by atoms with van der Waals surface area (Å²) in [5, 5.41) is 21.0. The molecule has 9 nitrogen and oxygen atoms in total. The minimum Gasteiger partial charge on any atom is -0.478 e. The Morgan fingerprint density at radius 1 is 1.20 bits per heavy atom. The highest BCUT2D eigenvalue weighted by molar-refractivity contribution is 5.87. The average Bonchev–Trinajstić information content (AvgIpc) is 3.26. The van der Waals surface area contributed by atoms with E-state index in [9.17, 15) is 9.90 Å². The van der Waals surface area contributed by atoms with Crippen LogP contribution < -0.4 is 11.1 Å². The number of benzene rings is 1. The molecule has 30 heavy (non-hydrogen) atoms. The van der Waals surface area contributed by atoms with Crippen LogP contribution in [0.4, 0.5) is 11.8 Å². The van der Waals surface area contributed by atoms with Crippen molar-refractivity contribution in [2.75, 3.05) is 17.7 Å². The molecule has 9 heteroatoms. The van der Waals surface area contributed by atoms with E-state index in [1.54, 1.807) is 36.7 Å². The molecule has 1 fully saturated rings. The van der Waals surface area contributed by atoms with Crippen molar-refractivity contribution >= 4 is 28.9 Å². The van der Waals surface area contributed by atoms with Gasteiger partial charge in [0.15, 0.2) is 17.0 Å². The van der Waals surface area contributed by atoms with Crippen molar-refractivity contribution in [3.8, 4) is 0 Å². The number of nitrogens with one attached hydrogen (secondary N) is 1. The molecule has 3 aromatic rings. The lowest BCUT2D eigenvalue weighted by Crippen LogP contribution is -2.10. The zero-order valence-corrected chi connectivity index (χ0v) is 16.3.